The monoisotopic (exact) mass is 351 g/mol. The molecule has 1 N–H and O–H groups in total. The molecule has 3 heterocycles. The van der Waals surface area contributed by atoms with Gasteiger partial charge in [-0.3, -0.25) is 14.5 Å². The quantitative estimate of drug-likeness (QED) is 0.738. The van der Waals surface area contributed by atoms with Crippen molar-refractivity contribution in [1.29, 1.82) is 0 Å². The summed E-state index contributed by atoms with van der Waals surface area (Å²) >= 11 is 0. The van der Waals surface area contributed by atoms with E-state index in [0.29, 0.717) is 18.0 Å². The van der Waals surface area contributed by atoms with Crippen LogP contribution in [0.25, 0.3) is 11.3 Å². The highest BCUT2D eigenvalue weighted by molar-refractivity contribution is 5.93. The van der Waals surface area contributed by atoms with Gasteiger partial charge in [-0.05, 0) is 37.6 Å². The van der Waals surface area contributed by atoms with Crippen molar-refractivity contribution in [2.45, 2.75) is 26.5 Å². The molecule has 0 aliphatic carbocycles. The zero-order valence-corrected chi connectivity index (χ0v) is 15.0. The van der Waals surface area contributed by atoms with Crippen molar-refractivity contribution in [2.75, 3.05) is 0 Å². The molecular formula is C19H21N5O2. The van der Waals surface area contributed by atoms with Crippen molar-refractivity contribution in [3.8, 4) is 17.1 Å². The minimum atomic E-state index is -0.195. The lowest BCUT2D eigenvalue weighted by Crippen LogP contribution is -2.23. The molecule has 0 saturated heterocycles. The van der Waals surface area contributed by atoms with Gasteiger partial charge in [0.1, 0.15) is 0 Å². The van der Waals surface area contributed by atoms with Gasteiger partial charge in [0.05, 0.1) is 17.4 Å². The van der Waals surface area contributed by atoms with Gasteiger partial charge < -0.3 is 10.1 Å². The summed E-state index contributed by atoms with van der Waals surface area (Å²) < 4.78 is 7.26. The summed E-state index contributed by atoms with van der Waals surface area (Å²) in [5.41, 5.74) is 3.31. The van der Waals surface area contributed by atoms with E-state index in [1.807, 2.05) is 33.0 Å². The first-order chi connectivity index (χ1) is 12.5. The number of rotatable bonds is 6. The molecule has 1 amide bonds. The number of amides is 1. The Kier molecular flexibility index (Phi) is 5.26. The van der Waals surface area contributed by atoms with Gasteiger partial charge in [-0.1, -0.05) is 0 Å². The first kappa shape index (κ1) is 17.6. The molecule has 0 bridgehead atoms. The van der Waals surface area contributed by atoms with Crippen molar-refractivity contribution in [1.82, 2.24) is 25.1 Å². The Labute approximate surface area is 152 Å². The number of ether oxygens (including phenoxy) is 1. The molecule has 7 nitrogen and oxygen atoms in total. The molecule has 26 heavy (non-hydrogen) atoms. The average Bonchev–Trinajstić information content (AvgIpc) is 3.06. The van der Waals surface area contributed by atoms with Crippen molar-refractivity contribution in [3.63, 3.8) is 0 Å². The Morgan fingerprint density at radius 2 is 2.08 bits per heavy atom. The summed E-state index contributed by atoms with van der Waals surface area (Å²) in [5, 5.41) is 7.04. The van der Waals surface area contributed by atoms with Crippen LogP contribution in [0.2, 0.25) is 0 Å². The topological polar surface area (TPSA) is 81.9 Å². The maximum absolute atomic E-state index is 12.3. The first-order valence-electron chi connectivity index (χ1n) is 8.36. The normalized spacial score (nSPS) is 10.8. The summed E-state index contributed by atoms with van der Waals surface area (Å²) in [4.78, 5) is 20.7. The van der Waals surface area contributed by atoms with Gasteiger partial charge in [-0.25, -0.2) is 4.98 Å². The Bertz CT molecular complexity index is 887. The summed E-state index contributed by atoms with van der Waals surface area (Å²) in [6.07, 6.45) is 6.81. The molecule has 0 aliphatic heterocycles. The number of nitrogens with one attached hydrogen (secondary N) is 1. The van der Waals surface area contributed by atoms with E-state index in [-0.39, 0.29) is 12.0 Å². The zero-order valence-electron chi connectivity index (χ0n) is 15.0. The molecule has 0 atom stereocenters. The van der Waals surface area contributed by atoms with Crippen molar-refractivity contribution in [3.05, 3.63) is 60.2 Å². The zero-order chi connectivity index (χ0) is 18.5. The minimum Gasteiger partial charge on any atom is -0.475 e. The lowest BCUT2D eigenvalue weighted by molar-refractivity contribution is 0.0950. The molecule has 3 rings (SSSR count). The summed E-state index contributed by atoms with van der Waals surface area (Å²) in [6, 6.07) is 7.30. The van der Waals surface area contributed by atoms with E-state index < -0.39 is 0 Å². The van der Waals surface area contributed by atoms with E-state index in [1.165, 1.54) is 6.20 Å². The Balaban J connectivity index is 1.64. The van der Waals surface area contributed by atoms with Gasteiger partial charge in [0.2, 0.25) is 5.88 Å². The maximum Gasteiger partial charge on any atom is 0.253 e. The number of aromatic nitrogens is 4. The van der Waals surface area contributed by atoms with Crippen LogP contribution in [0.5, 0.6) is 5.88 Å². The lowest BCUT2D eigenvalue weighted by atomic mass is 10.1. The summed E-state index contributed by atoms with van der Waals surface area (Å²) in [6.45, 7) is 4.23. The van der Waals surface area contributed by atoms with Gasteiger partial charge >= 0.3 is 0 Å². The first-order valence-corrected chi connectivity index (χ1v) is 8.36. The van der Waals surface area contributed by atoms with Crippen LogP contribution in [-0.4, -0.2) is 31.8 Å². The third-order valence-electron chi connectivity index (χ3n) is 3.72. The number of aryl methyl sites for hydroxylation is 1. The molecule has 0 aromatic carbocycles. The van der Waals surface area contributed by atoms with Crippen LogP contribution < -0.4 is 10.1 Å². The van der Waals surface area contributed by atoms with Gasteiger partial charge in [-0.15, -0.1) is 0 Å². The van der Waals surface area contributed by atoms with Crippen LogP contribution in [0.3, 0.4) is 0 Å². The second kappa shape index (κ2) is 7.77. The predicted molar refractivity (Wildman–Crippen MR) is 97.6 cm³/mol. The summed E-state index contributed by atoms with van der Waals surface area (Å²) in [7, 11) is 1.88. The molecule has 7 heteroatoms. The molecule has 134 valence electrons. The molecular weight excluding hydrogens is 330 g/mol. The van der Waals surface area contributed by atoms with E-state index >= 15 is 0 Å². The Hall–Kier alpha value is -3.22. The third kappa shape index (κ3) is 4.24. The van der Waals surface area contributed by atoms with Crippen LogP contribution in [0.4, 0.5) is 0 Å². The van der Waals surface area contributed by atoms with Gasteiger partial charge in [0.15, 0.2) is 0 Å². The van der Waals surface area contributed by atoms with Gasteiger partial charge in [0, 0.05) is 50.0 Å². The van der Waals surface area contributed by atoms with E-state index in [4.69, 9.17) is 4.74 Å². The van der Waals surface area contributed by atoms with Gasteiger partial charge in [0.25, 0.3) is 5.91 Å². The number of hydrogen-bond acceptors (Lipinski definition) is 5. The van der Waals surface area contributed by atoms with Crippen LogP contribution in [0.1, 0.15) is 29.8 Å². The van der Waals surface area contributed by atoms with Crippen LogP contribution in [-0.2, 0) is 13.6 Å². The lowest BCUT2D eigenvalue weighted by Gasteiger charge is -2.09. The highest BCUT2D eigenvalue weighted by atomic mass is 16.5. The fourth-order valence-electron chi connectivity index (χ4n) is 2.49. The molecule has 0 radical (unpaired) electrons. The van der Waals surface area contributed by atoms with E-state index in [2.05, 4.69) is 20.4 Å². The molecule has 0 aliphatic rings. The predicted octanol–water partition coefficient (Wildman–Crippen LogP) is 2.59. The molecule has 0 spiro atoms. The van der Waals surface area contributed by atoms with E-state index in [0.717, 1.165) is 16.8 Å². The number of hydrogen-bond donors (Lipinski definition) is 1. The van der Waals surface area contributed by atoms with Crippen molar-refractivity contribution in [2.24, 2.45) is 7.05 Å². The maximum atomic E-state index is 12.3. The standard InChI is InChI=1S/C19H21N5O2/c1-13(2)26-18-5-4-15(12-21-18)19(25)22-10-14-8-16(11-20-9-14)17-6-7-23-24(17)3/h4-9,11-13H,10H2,1-3H3,(H,22,25). The second-order valence-electron chi connectivity index (χ2n) is 6.16. The largest absolute Gasteiger partial charge is 0.475 e. The van der Waals surface area contributed by atoms with Crippen molar-refractivity contribution < 1.29 is 9.53 Å². The third-order valence-corrected chi connectivity index (χ3v) is 3.72. The molecule has 0 saturated carbocycles. The summed E-state index contributed by atoms with van der Waals surface area (Å²) in [5.74, 6) is 0.309. The highest BCUT2D eigenvalue weighted by Gasteiger charge is 2.09. The Morgan fingerprint density at radius 3 is 2.73 bits per heavy atom. The Morgan fingerprint density at radius 1 is 1.23 bits per heavy atom. The van der Waals surface area contributed by atoms with Crippen molar-refractivity contribution >= 4 is 5.91 Å². The van der Waals surface area contributed by atoms with E-state index in [1.54, 1.807) is 35.4 Å². The molecule has 0 fully saturated rings. The molecule has 3 aromatic heterocycles. The fourth-order valence-corrected chi connectivity index (χ4v) is 2.49. The van der Waals surface area contributed by atoms with Crippen LogP contribution >= 0.6 is 0 Å². The van der Waals surface area contributed by atoms with E-state index in [9.17, 15) is 4.79 Å². The molecule has 3 aromatic rings. The SMILES string of the molecule is CC(C)Oc1ccc(C(=O)NCc2cncc(-c3ccnn3C)c2)cn1. The van der Waals surface area contributed by atoms with Crippen LogP contribution in [0.15, 0.2) is 49.1 Å². The van der Waals surface area contributed by atoms with Gasteiger partial charge in [-0.2, -0.15) is 5.10 Å². The fraction of sp³-hybridized carbons (Fsp3) is 0.263. The number of carbonyl (C=O) groups excluding carboxylic acids is 1. The number of pyridine rings is 2. The smallest absolute Gasteiger partial charge is 0.253 e. The van der Waals surface area contributed by atoms with Crippen LogP contribution in [0, 0.1) is 0 Å². The average molecular weight is 351 g/mol. The minimum absolute atomic E-state index is 0.0429. The highest BCUT2D eigenvalue weighted by Crippen LogP contribution is 2.18. The molecule has 0 unspecified atom stereocenters. The number of carbonyl (C=O) groups is 1. The number of nitrogens with zero attached hydrogens (tertiary/aromatic N) is 4. The second-order valence-corrected chi connectivity index (χ2v) is 6.16.